The molecule has 0 amide bonds. The molecule has 19 heavy (non-hydrogen) atoms. The second-order valence-corrected chi connectivity index (χ2v) is 3.90. The van der Waals surface area contributed by atoms with Gasteiger partial charge in [-0.1, -0.05) is 30.3 Å². The van der Waals surface area contributed by atoms with Gasteiger partial charge in [-0.05, 0) is 0 Å². The molecule has 0 aliphatic carbocycles. The second kappa shape index (κ2) is 5.17. The van der Waals surface area contributed by atoms with Crippen molar-refractivity contribution in [1.29, 1.82) is 0 Å². The van der Waals surface area contributed by atoms with Crippen molar-refractivity contribution in [3.8, 4) is 0 Å². The molecule has 2 rings (SSSR count). The predicted molar refractivity (Wildman–Crippen MR) is 60.2 cm³/mol. The average Bonchev–Trinajstić information content (AvgIpc) is 2.39. The van der Waals surface area contributed by atoms with E-state index in [9.17, 15) is 18.0 Å². The van der Waals surface area contributed by atoms with Gasteiger partial charge in [0.2, 0.25) is 18.0 Å². The van der Waals surface area contributed by atoms with E-state index in [4.69, 9.17) is 0 Å². The van der Waals surface area contributed by atoms with Crippen LogP contribution >= 0.6 is 0 Å². The van der Waals surface area contributed by atoms with Crippen molar-refractivity contribution < 1.29 is 22.5 Å². The molecule has 0 unspecified atom stereocenters. The average molecular weight is 267 g/mol. The summed E-state index contributed by atoms with van der Waals surface area (Å²) in [6.07, 6.45) is -1.34. The Hall–Kier alpha value is -2.24. The largest absolute Gasteiger partial charge is 0.439 e. The molecule has 0 saturated carbocycles. The van der Waals surface area contributed by atoms with Gasteiger partial charge in [-0.25, -0.2) is 4.98 Å². The molecule has 0 N–H and O–H groups in total. The topological polar surface area (TPSA) is 33.8 Å². The highest BCUT2D eigenvalue weighted by atomic mass is 19.4. The fourth-order valence-electron chi connectivity index (χ4n) is 1.56. The minimum absolute atomic E-state index is 0.157. The first-order valence-electron chi connectivity index (χ1n) is 5.47. The monoisotopic (exact) mass is 267 g/mol. The number of carbonyl (C=O) groups excluding carboxylic acids is 1. The molecule has 0 radical (unpaired) electrons. The SMILES string of the molecule is O=C(C[n+]1ccnc(C(F)(F)F)c1)c1ccccc1. The number of halogens is 3. The van der Waals surface area contributed by atoms with E-state index in [-0.39, 0.29) is 12.3 Å². The highest BCUT2D eigenvalue weighted by Gasteiger charge is 2.35. The van der Waals surface area contributed by atoms with Gasteiger partial charge in [0.15, 0.2) is 12.4 Å². The number of benzene rings is 1. The lowest BCUT2D eigenvalue weighted by Gasteiger charge is -2.03. The van der Waals surface area contributed by atoms with Gasteiger partial charge in [0.1, 0.15) is 0 Å². The van der Waals surface area contributed by atoms with E-state index < -0.39 is 11.9 Å². The third-order valence-electron chi connectivity index (χ3n) is 2.47. The molecule has 0 aliphatic heterocycles. The number of nitrogens with zero attached hydrogens (tertiary/aromatic N) is 2. The molecule has 6 heteroatoms. The van der Waals surface area contributed by atoms with E-state index in [1.807, 2.05) is 0 Å². The maximum absolute atomic E-state index is 12.5. The van der Waals surface area contributed by atoms with Crippen LogP contribution in [-0.4, -0.2) is 10.8 Å². The third-order valence-corrected chi connectivity index (χ3v) is 2.47. The van der Waals surface area contributed by atoms with Crippen LogP contribution in [0.1, 0.15) is 16.1 Å². The number of hydrogen-bond acceptors (Lipinski definition) is 2. The highest BCUT2D eigenvalue weighted by molar-refractivity contribution is 5.94. The van der Waals surface area contributed by atoms with Gasteiger partial charge >= 0.3 is 6.18 Å². The van der Waals surface area contributed by atoms with Crippen LogP contribution in [0.15, 0.2) is 48.9 Å². The lowest BCUT2D eigenvalue weighted by molar-refractivity contribution is -0.684. The summed E-state index contributed by atoms with van der Waals surface area (Å²) in [5.41, 5.74) is -0.559. The molecular formula is C13H10F3N2O+. The Balaban J connectivity index is 2.18. The zero-order chi connectivity index (χ0) is 13.9. The Bertz CT molecular complexity index is 582. The van der Waals surface area contributed by atoms with E-state index in [2.05, 4.69) is 4.98 Å². The van der Waals surface area contributed by atoms with Crippen LogP contribution in [0.5, 0.6) is 0 Å². The number of ketones is 1. The molecule has 98 valence electrons. The second-order valence-electron chi connectivity index (χ2n) is 3.90. The molecule has 2 aromatic rings. The van der Waals surface area contributed by atoms with Crippen LogP contribution in [0.25, 0.3) is 0 Å². The summed E-state index contributed by atoms with van der Waals surface area (Å²) in [6, 6.07) is 8.40. The molecule has 1 aromatic heterocycles. The van der Waals surface area contributed by atoms with Crippen LogP contribution in [0, 0.1) is 0 Å². The minimum atomic E-state index is -4.52. The smallest absolute Gasteiger partial charge is 0.287 e. The number of carbonyl (C=O) groups is 1. The highest BCUT2D eigenvalue weighted by Crippen LogP contribution is 2.25. The maximum atomic E-state index is 12.5. The number of Topliss-reactive ketones (excluding diaryl/α,β-unsaturated/α-hetero) is 1. The Morgan fingerprint density at radius 1 is 1.21 bits per heavy atom. The summed E-state index contributed by atoms with van der Waals surface area (Å²) in [5, 5.41) is 0. The van der Waals surface area contributed by atoms with Gasteiger partial charge in [-0.3, -0.25) is 4.79 Å². The molecule has 0 atom stereocenters. The van der Waals surface area contributed by atoms with Crippen molar-refractivity contribution in [3.63, 3.8) is 0 Å². The van der Waals surface area contributed by atoms with Crippen molar-refractivity contribution in [2.45, 2.75) is 12.7 Å². The van der Waals surface area contributed by atoms with Crippen molar-refractivity contribution in [2.24, 2.45) is 0 Å². The van der Waals surface area contributed by atoms with Crippen molar-refractivity contribution in [2.75, 3.05) is 0 Å². The Kier molecular flexibility index (Phi) is 3.59. The fraction of sp³-hybridized carbons (Fsp3) is 0.154. The first-order chi connectivity index (χ1) is 8.97. The van der Waals surface area contributed by atoms with E-state index >= 15 is 0 Å². The minimum Gasteiger partial charge on any atom is -0.287 e. The Morgan fingerprint density at radius 2 is 1.89 bits per heavy atom. The number of aromatic nitrogens is 2. The van der Waals surface area contributed by atoms with E-state index in [0.717, 1.165) is 12.4 Å². The fourth-order valence-corrected chi connectivity index (χ4v) is 1.56. The van der Waals surface area contributed by atoms with Crippen LogP contribution in [0.2, 0.25) is 0 Å². The zero-order valence-electron chi connectivity index (χ0n) is 9.76. The maximum Gasteiger partial charge on any atom is 0.439 e. The first-order valence-corrected chi connectivity index (χ1v) is 5.47. The number of hydrogen-bond donors (Lipinski definition) is 0. The van der Waals surface area contributed by atoms with E-state index in [1.54, 1.807) is 30.3 Å². The van der Waals surface area contributed by atoms with Crippen LogP contribution in [0.3, 0.4) is 0 Å². The molecule has 1 aromatic carbocycles. The van der Waals surface area contributed by atoms with Crippen molar-refractivity contribution in [1.82, 2.24) is 4.98 Å². The molecule has 3 nitrogen and oxygen atoms in total. The normalized spacial score (nSPS) is 11.3. The van der Waals surface area contributed by atoms with Crippen LogP contribution < -0.4 is 4.57 Å². The summed E-state index contributed by atoms with van der Waals surface area (Å²) < 4.78 is 38.6. The van der Waals surface area contributed by atoms with Crippen LogP contribution in [-0.2, 0) is 12.7 Å². The predicted octanol–water partition coefficient (Wildman–Crippen LogP) is 2.27. The molecule has 0 aliphatic rings. The Labute approximate surface area is 107 Å². The quantitative estimate of drug-likeness (QED) is 0.631. The van der Waals surface area contributed by atoms with E-state index in [1.165, 1.54) is 10.8 Å². The Morgan fingerprint density at radius 3 is 2.53 bits per heavy atom. The zero-order valence-corrected chi connectivity index (χ0v) is 9.76. The van der Waals surface area contributed by atoms with Gasteiger partial charge in [0.25, 0.3) is 0 Å². The number of rotatable bonds is 3. The molecule has 0 spiro atoms. The van der Waals surface area contributed by atoms with Gasteiger partial charge in [-0.15, -0.1) is 0 Å². The lowest BCUT2D eigenvalue weighted by atomic mass is 10.1. The first kappa shape index (κ1) is 13.2. The van der Waals surface area contributed by atoms with Crippen molar-refractivity contribution in [3.05, 3.63) is 60.2 Å². The molecule has 0 bridgehead atoms. The van der Waals surface area contributed by atoms with Crippen molar-refractivity contribution >= 4 is 5.78 Å². The summed E-state index contributed by atoms with van der Waals surface area (Å²) in [7, 11) is 0. The molecule has 0 saturated heterocycles. The van der Waals surface area contributed by atoms with Gasteiger partial charge in [0.05, 0.1) is 6.20 Å². The molecular weight excluding hydrogens is 257 g/mol. The summed E-state index contributed by atoms with van der Waals surface area (Å²) in [6.45, 7) is -0.157. The van der Waals surface area contributed by atoms with E-state index in [0.29, 0.717) is 5.56 Å². The number of alkyl halides is 3. The summed E-state index contributed by atoms with van der Waals surface area (Å²) in [4.78, 5) is 15.1. The molecule has 0 fully saturated rings. The summed E-state index contributed by atoms with van der Waals surface area (Å²) >= 11 is 0. The van der Waals surface area contributed by atoms with Gasteiger partial charge < -0.3 is 0 Å². The third kappa shape index (κ3) is 3.37. The van der Waals surface area contributed by atoms with Gasteiger partial charge in [0, 0.05) is 5.56 Å². The lowest BCUT2D eigenvalue weighted by Crippen LogP contribution is -2.38. The summed E-state index contributed by atoms with van der Waals surface area (Å²) in [5.74, 6) is -0.259. The van der Waals surface area contributed by atoms with Crippen LogP contribution in [0.4, 0.5) is 13.2 Å². The van der Waals surface area contributed by atoms with Gasteiger partial charge in [-0.2, -0.15) is 17.7 Å². The standard InChI is InChI=1S/C13H10F3N2O/c14-13(15,16)12-9-18(7-6-17-12)8-11(19)10-4-2-1-3-5-10/h1-7,9H,8H2/q+1. The molecule has 1 heterocycles.